The van der Waals surface area contributed by atoms with E-state index < -0.39 is 11.9 Å². The lowest BCUT2D eigenvalue weighted by Crippen LogP contribution is -2.14. The highest BCUT2D eigenvalue weighted by molar-refractivity contribution is 5.76. The van der Waals surface area contributed by atoms with Gasteiger partial charge < -0.3 is 10.2 Å². The molecule has 1 unspecified atom stereocenters. The third-order valence-electron chi connectivity index (χ3n) is 3.09. The van der Waals surface area contributed by atoms with E-state index in [-0.39, 0.29) is 5.75 Å². The minimum atomic E-state index is -0.882. The first-order valence-corrected chi connectivity index (χ1v) is 6.13. The molecule has 2 N–H and O–H groups in total. The largest absolute Gasteiger partial charge is 0.508 e. The first-order valence-electron chi connectivity index (χ1n) is 6.13. The average Bonchev–Trinajstić information content (AvgIpc) is 2.35. The lowest BCUT2D eigenvalue weighted by molar-refractivity contribution is -0.138. The molecule has 0 spiro atoms. The summed E-state index contributed by atoms with van der Waals surface area (Å²) < 4.78 is 0. The van der Waals surface area contributed by atoms with Crippen LogP contribution in [0.2, 0.25) is 0 Å². The van der Waals surface area contributed by atoms with Gasteiger partial charge in [0.05, 0.1) is 5.92 Å². The summed E-state index contributed by atoms with van der Waals surface area (Å²) in [5, 5.41) is 18.8. The number of carboxylic acid groups (broad SMARTS) is 1. The fraction of sp³-hybridized carbons (Fsp3) is 0.188. The highest BCUT2D eigenvalue weighted by Crippen LogP contribution is 2.24. The zero-order chi connectivity index (χ0) is 13.8. The van der Waals surface area contributed by atoms with E-state index in [0.717, 1.165) is 11.1 Å². The number of aromatic hydroxyl groups is 1. The Balaban J connectivity index is 2.29. The molecule has 0 aromatic heterocycles. The van der Waals surface area contributed by atoms with Crippen LogP contribution in [-0.4, -0.2) is 16.2 Å². The van der Waals surface area contributed by atoms with E-state index >= 15 is 0 Å². The Kier molecular flexibility index (Phi) is 3.85. The van der Waals surface area contributed by atoms with Crippen LogP contribution in [0.5, 0.6) is 5.75 Å². The second-order valence-electron chi connectivity index (χ2n) is 4.68. The highest BCUT2D eigenvalue weighted by Gasteiger charge is 2.20. The maximum Gasteiger partial charge on any atom is 0.311 e. The molecule has 2 rings (SSSR count). The third-order valence-corrected chi connectivity index (χ3v) is 3.09. The van der Waals surface area contributed by atoms with Crippen LogP contribution in [0.15, 0.2) is 48.5 Å². The first-order chi connectivity index (χ1) is 9.06. The van der Waals surface area contributed by atoms with Crippen molar-refractivity contribution in [2.45, 2.75) is 19.3 Å². The normalized spacial score (nSPS) is 12.1. The number of carbonyl (C=O) groups is 1. The number of hydrogen-bond acceptors (Lipinski definition) is 2. The predicted octanol–water partition coefficient (Wildman–Crippen LogP) is 3.11. The van der Waals surface area contributed by atoms with Gasteiger partial charge in [0.2, 0.25) is 0 Å². The molecule has 2 aromatic rings. The molecule has 0 fully saturated rings. The Bertz CT molecular complexity index is 590. The molecule has 3 nitrogen and oxygen atoms in total. The number of aryl methyl sites for hydroxylation is 1. The van der Waals surface area contributed by atoms with Gasteiger partial charge in [0.1, 0.15) is 5.75 Å². The molecule has 98 valence electrons. The summed E-state index contributed by atoms with van der Waals surface area (Å²) in [5.74, 6) is -1.44. The molecule has 2 aromatic carbocycles. The number of rotatable bonds is 4. The van der Waals surface area contributed by atoms with Gasteiger partial charge in [-0.15, -0.1) is 0 Å². The van der Waals surface area contributed by atoms with Crippen molar-refractivity contribution in [2.24, 2.45) is 0 Å². The van der Waals surface area contributed by atoms with Crippen LogP contribution < -0.4 is 0 Å². The molecule has 0 aliphatic carbocycles. The van der Waals surface area contributed by atoms with Gasteiger partial charge in [0, 0.05) is 0 Å². The van der Waals surface area contributed by atoms with Crippen LogP contribution in [0.4, 0.5) is 0 Å². The zero-order valence-corrected chi connectivity index (χ0v) is 10.7. The molecule has 0 saturated heterocycles. The molecule has 0 radical (unpaired) electrons. The second-order valence-corrected chi connectivity index (χ2v) is 4.68. The summed E-state index contributed by atoms with van der Waals surface area (Å²) in [5.41, 5.74) is 2.71. The molecule has 3 heteroatoms. The second kappa shape index (κ2) is 5.57. The van der Waals surface area contributed by atoms with Gasteiger partial charge in [0.15, 0.2) is 0 Å². The van der Waals surface area contributed by atoms with Crippen molar-refractivity contribution < 1.29 is 15.0 Å². The van der Waals surface area contributed by atoms with Gasteiger partial charge in [-0.2, -0.15) is 0 Å². The summed E-state index contributed by atoms with van der Waals surface area (Å²) in [4.78, 5) is 11.4. The minimum absolute atomic E-state index is 0.0907. The van der Waals surface area contributed by atoms with Crippen LogP contribution in [0.3, 0.4) is 0 Å². The Hall–Kier alpha value is -2.29. The molecule has 0 saturated carbocycles. The van der Waals surface area contributed by atoms with Crippen molar-refractivity contribution in [3.05, 3.63) is 65.2 Å². The van der Waals surface area contributed by atoms with E-state index in [2.05, 4.69) is 0 Å². The number of phenolic OH excluding ortho intramolecular Hbond substituents is 1. The molecule has 0 heterocycles. The molecule has 19 heavy (non-hydrogen) atoms. The summed E-state index contributed by atoms with van der Waals surface area (Å²) in [7, 11) is 0. The minimum Gasteiger partial charge on any atom is -0.508 e. The lowest BCUT2D eigenvalue weighted by Gasteiger charge is -2.13. The van der Waals surface area contributed by atoms with Crippen molar-refractivity contribution in [3.63, 3.8) is 0 Å². The quantitative estimate of drug-likeness (QED) is 0.883. The maximum atomic E-state index is 11.4. The van der Waals surface area contributed by atoms with E-state index in [9.17, 15) is 15.0 Å². The number of benzene rings is 2. The van der Waals surface area contributed by atoms with Crippen LogP contribution in [0.25, 0.3) is 0 Å². The summed E-state index contributed by atoms with van der Waals surface area (Å²) in [6, 6.07) is 14.2. The Morgan fingerprint density at radius 1 is 1.16 bits per heavy atom. The number of carboxylic acids is 1. The van der Waals surface area contributed by atoms with Gasteiger partial charge in [0.25, 0.3) is 0 Å². The van der Waals surface area contributed by atoms with Crippen molar-refractivity contribution >= 4 is 5.97 Å². The van der Waals surface area contributed by atoms with E-state index in [4.69, 9.17) is 0 Å². The number of hydrogen-bond donors (Lipinski definition) is 2. The number of phenols is 1. The molecule has 0 bridgehead atoms. The highest BCUT2D eigenvalue weighted by atomic mass is 16.4. The van der Waals surface area contributed by atoms with Crippen LogP contribution in [0, 0.1) is 6.92 Å². The fourth-order valence-corrected chi connectivity index (χ4v) is 2.16. The van der Waals surface area contributed by atoms with E-state index in [1.54, 1.807) is 12.1 Å². The molecule has 1 atom stereocenters. The van der Waals surface area contributed by atoms with Crippen LogP contribution in [-0.2, 0) is 11.2 Å². The van der Waals surface area contributed by atoms with Gasteiger partial charge in [-0.25, -0.2) is 0 Å². The lowest BCUT2D eigenvalue weighted by atomic mass is 9.91. The third kappa shape index (κ3) is 3.35. The molecule has 0 aliphatic heterocycles. The van der Waals surface area contributed by atoms with Crippen molar-refractivity contribution in [3.8, 4) is 5.75 Å². The SMILES string of the molecule is Cc1cccc(CC(C(=O)O)c2cccc(O)c2)c1. The monoisotopic (exact) mass is 256 g/mol. The zero-order valence-electron chi connectivity index (χ0n) is 10.7. The smallest absolute Gasteiger partial charge is 0.311 e. The van der Waals surface area contributed by atoms with Crippen molar-refractivity contribution in [1.82, 2.24) is 0 Å². The van der Waals surface area contributed by atoms with Crippen LogP contribution in [0.1, 0.15) is 22.6 Å². The first kappa shape index (κ1) is 13.1. The molecule has 0 amide bonds. The van der Waals surface area contributed by atoms with Gasteiger partial charge in [-0.05, 0) is 36.6 Å². The maximum absolute atomic E-state index is 11.4. The van der Waals surface area contributed by atoms with Crippen LogP contribution >= 0.6 is 0 Å². The Labute approximate surface area is 112 Å². The average molecular weight is 256 g/mol. The van der Waals surface area contributed by atoms with E-state index in [1.807, 2.05) is 31.2 Å². The molecular weight excluding hydrogens is 240 g/mol. The Morgan fingerprint density at radius 3 is 2.53 bits per heavy atom. The van der Waals surface area contributed by atoms with Crippen molar-refractivity contribution in [2.75, 3.05) is 0 Å². The van der Waals surface area contributed by atoms with Crippen molar-refractivity contribution in [1.29, 1.82) is 0 Å². The standard InChI is InChI=1S/C16H16O3/c1-11-4-2-5-12(8-11)9-15(16(18)19)13-6-3-7-14(17)10-13/h2-8,10,15,17H,9H2,1H3,(H,18,19). The fourth-order valence-electron chi connectivity index (χ4n) is 2.16. The summed E-state index contributed by atoms with van der Waals surface area (Å²) in [6.07, 6.45) is 0.417. The van der Waals surface area contributed by atoms with E-state index in [0.29, 0.717) is 12.0 Å². The summed E-state index contributed by atoms with van der Waals surface area (Å²) >= 11 is 0. The van der Waals surface area contributed by atoms with Gasteiger partial charge >= 0.3 is 5.97 Å². The Morgan fingerprint density at radius 2 is 1.89 bits per heavy atom. The van der Waals surface area contributed by atoms with Gasteiger partial charge in [-0.3, -0.25) is 4.79 Å². The molecular formula is C16H16O3. The molecule has 0 aliphatic rings. The van der Waals surface area contributed by atoms with E-state index in [1.165, 1.54) is 12.1 Å². The topological polar surface area (TPSA) is 57.5 Å². The summed E-state index contributed by atoms with van der Waals surface area (Å²) in [6.45, 7) is 1.98. The van der Waals surface area contributed by atoms with Gasteiger partial charge in [-0.1, -0.05) is 42.0 Å². The predicted molar refractivity (Wildman–Crippen MR) is 73.4 cm³/mol. The number of aliphatic carboxylic acids is 1.